The second kappa shape index (κ2) is 10.2. The maximum Gasteiger partial charge on any atom is 0.278 e. The number of amides is 1. The van der Waals surface area contributed by atoms with Gasteiger partial charge in [-0.2, -0.15) is 0 Å². The molecule has 2 aromatic carbocycles. The van der Waals surface area contributed by atoms with E-state index in [1.165, 1.54) is 4.57 Å². The minimum absolute atomic E-state index is 0.280. The van der Waals surface area contributed by atoms with E-state index in [0.717, 1.165) is 5.56 Å². The topological polar surface area (TPSA) is 99.0 Å². The quantitative estimate of drug-likeness (QED) is 0.373. The highest BCUT2D eigenvalue weighted by atomic mass is 16.5. The summed E-state index contributed by atoms with van der Waals surface area (Å²) in [6.07, 6.45) is 5.36. The van der Waals surface area contributed by atoms with E-state index in [2.05, 4.69) is 20.3 Å². The van der Waals surface area contributed by atoms with Gasteiger partial charge in [-0.25, -0.2) is 9.97 Å². The number of rotatable bonds is 7. The maximum atomic E-state index is 13.6. The van der Waals surface area contributed by atoms with E-state index in [1.54, 1.807) is 73.2 Å². The first-order chi connectivity index (χ1) is 17.6. The van der Waals surface area contributed by atoms with Crippen LogP contribution in [0.2, 0.25) is 0 Å². The molecule has 5 aromatic rings. The van der Waals surface area contributed by atoms with Gasteiger partial charge in [0.05, 0.1) is 12.3 Å². The average molecular weight is 478 g/mol. The van der Waals surface area contributed by atoms with Crippen molar-refractivity contribution in [2.45, 2.75) is 13.3 Å². The van der Waals surface area contributed by atoms with Crippen molar-refractivity contribution in [3.05, 3.63) is 119 Å². The molecule has 3 aromatic heterocycles. The molecule has 0 spiro atoms. The minimum Gasteiger partial charge on any atom is -0.494 e. The fourth-order valence-corrected chi connectivity index (χ4v) is 3.94. The Balaban J connectivity index is 1.52. The third-order valence-electron chi connectivity index (χ3n) is 5.55. The molecule has 0 aliphatic carbocycles. The standard InChI is InChI=1S/C28H23N5O3/c1-2-36-23-11-3-8-20(16-23)27(34)31-21-9-4-10-22(17-21)33-26-24(12-6-14-30-26)32-25(28(33)35)15-19-7-5-13-29-18-19/h3-14,16-18H,2,15H2,1H3,(H,31,34). The molecular weight excluding hydrogens is 454 g/mol. The zero-order valence-electron chi connectivity index (χ0n) is 19.6. The Hall–Kier alpha value is -4.85. The zero-order valence-corrected chi connectivity index (χ0v) is 19.6. The van der Waals surface area contributed by atoms with Gasteiger partial charge in [-0.05, 0) is 67.1 Å². The number of carbonyl (C=O) groups is 1. The van der Waals surface area contributed by atoms with E-state index in [-0.39, 0.29) is 11.5 Å². The summed E-state index contributed by atoms with van der Waals surface area (Å²) in [7, 11) is 0. The summed E-state index contributed by atoms with van der Waals surface area (Å²) >= 11 is 0. The predicted octanol–water partition coefficient (Wildman–Crippen LogP) is 4.42. The van der Waals surface area contributed by atoms with Crippen LogP contribution in [-0.2, 0) is 6.42 Å². The molecule has 178 valence electrons. The Kier molecular flexibility index (Phi) is 6.48. The van der Waals surface area contributed by atoms with Crippen LogP contribution in [0.25, 0.3) is 16.9 Å². The van der Waals surface area contributed by atoms with E-state index < -0.39 is 0 Å². The molecule has 1 N–H and O–H groups in total. The fraction of sp³-hybridized carbons (Fsp3) is 0.107. The summed E-state index contributed by atoms with van der Waals surface area (Å²) in [6, 6.07) is 21.4. The lowest BCUT2D eigenvalue weighted by atomic mass is 10.1. The highest BCUT2D eigenvalue weighted by Crippen LogP contribution is 2.20. The molecule has 8 nitrogen and oxygen atoms in total. The lowest BCUT2D eigenvalue weighted by molar-refractivity contribution is 0.102. The van der Waals surface area contributed by atoms with Crippen LogP contribution in [0.5, 0.6) is 5.75 Å². The number of anilines is 1. The monoisotopic (exact) mass is 477 g/mol. The summed E-state index contributed by atoms with van der Waals surface area (Å²) < 4.78 is 7.02. The number of nitrogens with zero attached hydrogens (tertiary/aromatic N) is 4. The van der Waals surface area contributed by atoms with Crippen LogP contribution in [0.1, 0.15) is 28.5 Å². The Morgan fingerprint density at radius 2 is 1.86 bits per heavy atom. The van der Waals surface area contributed by atoms with Gasteiger partial charge in [0, 0.05) is 36.3 Å². The number of pyridine rings is 2. The number of hydrogen-bond acceptors (Lipinski definition) is 6. The van der Waals surface area contributed by atoms with Gasteiger partial charge in [0.15, 0.2) is 5.65 Å². The van der Waals surface area contributed by atoms with Crippen molar-refractivity contribution in [3.8, 4) is 11.4 Å². The number of nitrogens with one attached hydrogen (secondary N) is 1. The van der Waals surface area contributed by atoms with Crippen LogP contribution < -0.4 is 15.6 Å². The lowest BCUT2D eigenvalue weighted by Crippen LogP contribution is -2.25. The average Bonchev–Trinajstić information content (AvgIpc) is 2.90. The van der Waals surface area contributed by atoms with Gasteiger partial charge in [-0.1, -0.05) is 18.2 Å². The molecule has 0 fully saturated rings. The Labute approximate surface area is 207 Å². The smallest absolute Gasteiger partial charge is 0.278 e. The van der Waals surface area contributed by atoms with Gasteiger partial charge in [-0.15, -0.1) is 0 Å². The molecule has 1 amide bonds. The molecule has 0 bridgehead atoms. The van der Waals surface area contributed by atoms with Gasteiger partial charge < -0.3 is 10.1 Å². The van der Waals surface area contributed by atoms with Gasteiger partial charge in [0.1, 0.15) is 17.0 Å². The predicted molar refractivity (Wildman–Crippen MR) is 138 cm³/mol. The molecule has 0 atom stereocenters. The van der Waals surface area contributed by atoms with Gasteiger partial charge >= 0.3 is 0 Å². The van der Waals surface area contributed by atoms with Crippen LogP contribution in [-0.4, -0.2) is 32.0 Å². The van der Waals surface area contributed by atoms with E-state index in [0.29, 0.717) is 52.6 Å². The van der Waals surface area contributed by atoms with Crippen molar-refractivity contribution >= 4 is 22.8 Å². The Morgan fingerprint density at radius 1 is 1.00 bits per heavy atom. The molecular formula is C28H23N5O3. The van der Waals surface area contributed by atoms with Crippen LogP contribution in [0.15, 0.2) is 96.2 Å². The second-order valence-corrected chi connectivity index (χ2v) is 8.05. The molecule has 3 heterocycles. The largest absolute Gasteiger partial charge is 0.494 e. The number of benzene rings is 2. The molecule has 0 saturated heterocycles. The fourth-order valence-electron chi connectivity index (χ4n) is 3.94. The third kappa shape index (κ3) is 4.83. The maximum absolute atomic E-state index is 13.6. The Morgan fingerprint density at radius 3 is 2.69 bits per heavy atom. The van der Waals surface area contributed by atoms with Crippen molar-refractivity contribution in [3.63, 3.8) is 0 Å². The van der Waals surface area contributed by atoms with Crippen LogP contribution in [0, 0.1) is 0 Å². The first-order valence-corrected chi connectivity index (χ1v) is 11.5. The molecule has 5 rings (SSSR count). The van der Waals surface area contributed by atoms with Crippen molar-refractivity contribution in [1.29, 1.82) is 0 Å². The van der Waals surface area contributed by atoms with E-state index in [9.17, 15) is 9.59 Å². The summed E-state index contributed by atoms with van der Waals surface area (Å²) in [5.74, 6) is 0.344. The third-order valence-corrected chi connectivity index (χ3v) is 5.55. The SMILES string of the molecule is CCOc1cccc(C(=O)Nc2cccc(-n3c(=O)c(Cc4cccnc4)nc4cccnc43)c2)c1. The summed E-state index contributed by atoms with van der Waals surface area (Å²) in [6.45, 7) is 2.40. The molecule has 8 heteroatoms. The molecule has 36 heavy (non-hydrogen) atoms. The minimum atomic E-state index is -0.281. The number of carbonyl (C=O) groups excluding carboxylic acids is 1. The van der Waals surface area contributed by atoms with Crippen molar-refractivity contribution in [2.24, 2.45) is 0 Å². The van der Waals surface area contributed by atoms with Crippen LogP contribution in [0.4, 0.5) is 5.69 Å². The number of aromatic nitrogens is 4. The second-order valence-electron chi connectivity index (χ2n) is 8.05. The van der Waals surface area contributed by atoms with Gasteiger partial charge in [-0.3, -0.25) is 19.1 Å². The Bertz CT molecular complexity index is 1600. The molecule has 0 aliphatic heterocycles. The van der Waals surface area contributed by atoms with E-state index in [4.69, 9.17) is 4.74 Å². The summed E-state index contributed by atoms with van der Waals surface area (Å²) in [4.78, 5) is 39.6. The normalized spacial score (nSPS) is 10.8. The molecule has 0 aliphatic rings. The number of hydrogen-bond donors (Lipinski definition) is 1. The molecule has 0 unspecified atom stereocenters. The highest BCUT2D eigenvalue weighted by Gasteiger charge is 2.15. The summed E-state index contributed by atoms with van der Waals surface area (Å²) in [5.41, 5.74) is 3.60. The first-order valence-electron chi connectivity index (χ1n) is 11.5. The highest BCUT2D eigenvalue weighted by molar-refractivity contribution is 6.04. The zero-order chi connectivity index (χ0) is 24.9. The van der Waals surface area contributed by atoms with Crippen molar-refractivity contribution < 1.29 is 9.53 Å². The van der Waals surface area contributed by atoms with Gasteiger partial charge in [0.25, 0.3) is 11.5 Å². The number of fused-ring (bicyclic) bond motifs is 1. The van der Waals surface area contributed by atoms with Crippen molar-refractivity contribution in [1.82, 2.24) is 19.5 Å². The van der Waals surface area contributed by atoms with Crippen LogP contribution >= 0.6 is 0 Å². The molecule has 0 radical (unpaired) electrons. The molecule has 0 saturated carbocycles. The van der Waals surface area contributed by atoms with E-state index >= 15 is 0 Å². The van der Waals surface area contributed by atoms with Crippen molar-refractivity contribution in [2.75, 3.05) is 11.9 Å². The van der Waals surface area contributed by atoms with E-state index in [1.807, 2.05) is 25.1 Å². The van der Waals surface area contributed by atoms with Gasteiger partial charge in [0.2, 0.25) is 0 Å². The summed E-state index contributed by atoms with van der Waals surface area (Å²) in [5, 5.41) is 2.91. The lowest BCUT2D eigenvalue weighted by Gasteiger charge is -2.13. The number of ether oxygens (including phenoxy) is 1. The first kappa shape index (κ1) is 22.9. The van der Waals surface area contributed by atoms with Crippen LogP contribution in [0.3, 0.4) is 0 Å².